The Hall–Kier alpha value is -8.34. The Bertz CT molecular complexity index is 3870. The first-order chi connectivity index (χ1) is 33.0. The minimum atomic E-state index is -0.163. The smallest absolute Gasteiger partial charge is 0.143 e. The van der Waals surface area contributed by atoms with Crippen molar-refractivity contribution in [2.45, 2.75) is 31.2 Å². The van der Waals surface area contributed by atoms with E-state index in [-0.39, 0.29) is 17.4 Å². The molecule has 4 heteroatoms. The fraction of sp³-hybridized carbons (Fsp3) is 0.0794. The van der Waals surface area contributed by atoms with Gasteiger partial charge in [0.1, 0.15) is 22.3 Å². The zero-order chi connectivity index (χ0) is 44.4. The monoisotopic (exact) mass is 860 g/mol. The lowest BCUT2D eigenvalue weighted by molar-refractivity contribution is 0.660. The Balaban J connectivity index is 0.939. The van der Waals surface area contributed by atoms with Crippen LogP contribution in [0.5, 0.6) is 0 Å². The van der Waals surface area contributed by atoms with Gasteiger partial charge in [0.25, 0.3) is 0 Å². The molecule has 0 radical (unpaired) electrons. The van der Waals surface area contributed by atoms with E-state index in [0.717, 1.165) is 72.1 Å². The molecule has 0 fully saturated rings. The molecule has 3 heterocycles. The maximum atomic E-state index is 6.78. The third-order valence-corrected chi connectivity index (χ3v) is 14.8. The molecule has 0 bridgehead atoms. The lowest BCUT2D eigenvalue weighted by Gasteiger charge is -2.30. The summed E-state index contributed by atoms with van der Waals surface area (Å²) in [5.41, 5.74) is 20.2. The van der Waals surface area contributed by atoms with Crippen LogP contribution in [0.15, 0.2) is 227 Å². The van der Waals surface area contributed by atoms with E-state index in [1.54, 1.807) is 0 Å². The quantitative estimate of drug-likeness (QED) is 0.167. The van der Waals surface area contributed by atoms with Crippen molar-refractivity contribution in [1.82, 2.24) is 0 Å². The topological polar surface area (TPSA) is 32.8 Å². The molecule has 2 aromatic heterocycles. The number of nitrogens with zero attached hydrogens (tertiary/aromatic N) is 2. The van der Waals surface area contributed by atoms with Crippen LogP contribution in [-0.2, 0) is 5.41 Å². The van der Waals surface area contributed by atoms with Gasteiger partial charge in [-0.3, -0.25) is 0 Å². The summed E-state index contributed by atoms with van der Waals surface area (Å²) in [5, 5.41) is 4.42. The van der Waals surface area contributed by atoms with E-state index in [0.29, 0.717) is 0 Å². The highest BCUT2D eigenvalue weighted by molar-refractivity contribution is 6.15. The van der Waals surface area contributed by atoms with Crippen molar-refractivity contribution in [2.24, 2.45) is 0 Å². The van der Waals surface area contributed by atoms with Crippen LogP contribution in [0.4, 0.5) is 28.4 Å². The Morgan fingerprint density at radius 1 is 0.522 bits per heavy atom. The molecule has 2 unspecified atom stereocenters. The number of anilines is 5. The Labute approximate surface area is 388 Å². The molecule has 67 heavy (non-hydrogen) atoms. The zero-order valence-electron chi connectivity index (χ0n) is 37.2. The van der Waals surface area contributed by atoms with Crippen molar-refractivity contribution in [3.05, 3.63) is 241 Å². The van der Waals surface area contributed by atoms with E-state index in [2.05, 4.69) is 230 Å². The van der Waals surface area contributed by atoms with Crippen LogP contribution in [-0.4, -0.2) is 6.04 Å². The van der Waals surface area contributed by atoms with Gasteiger partial charge in [0.15, 0.2) is 0 Å². The molecule has 9 aromatic carbocycles. The van der Waals surface area contributed by atoms with Crippen LogP contribution in [0.2, 0.25) is 0 Å². The predicted octanol–water partition coefficient (Wildman–Crippen LogP) is 17.2. The summed E-state index contributed by atoms with van der Waals surface area (Å²) >= 11 is 0. The highest BCUT2D eigenvalue weighted by atomic mass is 16.3. The number of para-hydroxylation sites is 4. The van der Waals surface area contributed by atoms with Gasteiger partial charge in [0.2, 0.25) is 0 Å². The summed E-state index contributed by atoms with van der Waals surface area (Å²) in [6, 6.07) is 72.6. The number of benzene rings is 9. The molecule has 0 N–H and O–H groups in total. The fourth-order valence-electron chi connectivity index (χ4n) is 11.7. The van der Waals surface area contributed by atoms with E-state index < -0.39 is 0 Å². The summed E-state index contributed by atoms with van der Waals surface area (Å²) in [6.07, 6.45) is 7.19. The van der Waals surface area contributed by atoms with Crippen LogP contribution >= 0.6 is 0 Å². The molecule has 14 rings (SSSR count). The standard InChI is InChI=1S/C63H44N2O2/c1-63(2)51-22-9-6-19-48(51)60-52(63)23-13-25-55(60)65(43-33-29-39(30-34-43)44-20-12-21-47-46-18-8-11-27-57(46)67-62(44)47)56-26-14-28-59-61(56)50-38-41(32-36-58(50)66-59)40-31-35-54-49(37-40)45-17-7-10-24-53(45)64(54)42-15-4-3-5-16-42/h3-38,49,54H,1-2H3. The summed E-state index contributed by atoms with van der Waals surface area (Å²) in [6.45, 7) is 4.70. The molecule has 2 aliphatic carbocycles. The van der Waals surface area contributed by atoms with Gasteiger partial charge in [0, 0.05) is 55.7 Å². The maximum absolute atomic E-state index is 6.78. The van der Waals surface area contributed by atoms with Gasteiger partial charge in [-0.25, -0.2) is 0 Å². The van der Waals surface area contributed by atoms with Crippen molar-refractivity contribution in [2.75, 3.05) is 9.80 Å². The molecule has 0 saturated heterocycles. The number of allylic oxidation sites excluding steroid dienone is 2. The third kappa shape index (κ3) is 5.60. The Kier molecular flexibility index (Phi) is 8.12. The molecular formula is C63H44N2O2. The van der Waals surface area contributed by atoms with Crippen molar-refractivity contribution in [3.63, 3.8) is 0 Å². The number of fused-ring (bicyclic) bond motifs is 12. The second-order valence-corrected chi connectivity index (χ2v) is 18.8. The zero-order valence-corrected chi connectivity index (χ0v) is 37.2. The summed E-state index contributed by atoms with van der Waals surface area (Å²) in [7, 11) is 0. The first kappa shape index (κ1) is 38.0. The molecule has 1 aliphatic heterocycles. The SMILES string of the molecule is CC1(C)c2ccccc2-c2c(N(c3ccc(-c4cccc5c4oc4ccccc45)cc3)c3cccc4oc5ccc(C6=CC7c8ccccc8N(c8ccccc8)C7C=C6)cc5c34)cccc21. The summed E-state index contributed by atoms with van der Waals surface area (Å²) in [4.78, 5) is 4.95. The molecule has 0 amide bonds. The van der Waals surface area contributed by atoms with Gasteiger partial charge in [-0.1, -0.05) is 166 Å². The van der Waals surface area contributed by atoms with Gasteiger partial charge in [-0.2, -0.15) is 0 Å². The molecule has 11 aromatic rings. The van der Waals surface area contributed by atoms with E-state index in [9.17, 15) is 0 Å². The Morgan fingerprint density at radius 3 is 2.12 bits per heavy atom. The molecule has 318 valence electrons. The normalized spacial score (nSPS) is 16.6. The van der Waals surface area contributed by atoms with Gasteiger partial charge in [0.05, 0.1) is 22.8 Å². The van der Waals surface area contributed by atoms with Crippen LogP contribution in [0.25, 0.3) is 71.7 Å². The largest absolute Gasteiger partial charge is 0.456 e. The van der Waals surface area contributed by atoms with Crippen LogP contribution in [0.1, 0.15) is 42.0 Å². The predicted molar refractivity (Wildman–Crippen MR) is 277 cm³/mol. The van der Waals surface area contributed by atoms with E-state index in [1.165, 1.54) is 50.3 Å². The number of furan rings is 2. The average molecular weight is 861 g/mol. The minimum Gasteiger partial charge on any atom is -0.456 e. The van der Waals surface area contributed by atoms with Gasteiger partial charge < -0.3 is 18.6 Å². The van der Waals surface area contributed by atoms with Gasteiger partial charge in [-0.15, -0.1) is 0 Å². The van der Waals surface area contributed by atoms with Crippen molar-refractivity contribution < 1.29 is 8.83 Å². The molecule has 4 nitrogen and oxygen atoms in total. The highest BCUT2D eigenvalue weighted by Gasteiger charge is 2.39. The fourth-order valence-corrected chi connectivity index (χ4v) is 11.7. The van der Waals surface area contributed by atoms with E-state index in [4.69, 9.17) is 8.83 Å². The van der Waals surface area contributed by atoms with Gasteiger partial charge >= 0.3 is 0 Å². The Morgan fingerprint density at radius 2 is 1.21 bits per heavy atom. The minimum absolute atomic E-state index is 0.163. The first-order valence-corrected chi connectivity index (χ1v) is 23.3. The number of rotatable bonds is 6. The second-order valence-electron chi connectivity index (χ2n) is 18.8. The molecule has 2 atom stereocenters. The molecular weight excluding hydrogens is 817 g/mol. The van der Waals surface area contributed by atoms with Crippen LogP contribution in [0, 0.1) is 0 Å². The average Bonchev–Trinajstić information content (AvgIpc) is 4.11. The van der Waals surface area contributed by atoms with Crippen molar-refractivity contribution >= 4 is 77.9 Å². The van der Waals surface area contributed by atoms with Crippen molar-refractivity contribution in [3.8, 4) is 22.3 Å². The molecule has 0 saturated carbocycles. The highest BCUT2D eigenvalue weighted by Crippen LogP contribution is 2.56. The first-order valence-electron chi connectivity index (χ1n) is 23.3. The van der Waals surface area contributed by atoms with E-state index in [1.807, 2.05) is 12.1 Å². The molecule has 3 aliphatic rings. The summed E-state index contributed by atoms with van der Waals surface area (Å²) < 4.78 is 13.3. The maximum Gasteiger partial charge on any atom is 0.143 e. The number of hydrogen-bond donors (Lipinski definition) is 0. The third-order valence-electron chi connectivity index (χ3n) is 14.8. The lowest BCUT2D eigenvalue weighted by atomic mass is 9.82. The van der Waals surface area contributed by atoms with Gasteiger partial charge in [-0.05, 0) is 106 Å². The second kappa shape index (κ2) is 14.3. The van der Waals surface area contributed by atoms with Crippen molar-refractivity contribution in [1.29, 1.82) is 0 Å². The molecule has 0 spiro atoms. The lowest BCUT2D eigenvalue weighted by Crippen LogP contribution is -2.28. The number of hydrogen-bond acceptors (Lipinski definition) is 4. The van der Waals surface area contributed by atoms with Crippen LogP contribution < -0.4 is 9.80 Å². The van der Waals surface area contributed by atoms with E-state index >= 15 is 0 Å². The summed E-state index contributed by atoms with van der Waals surface area (Å²) in [5.74, 6) is 0.216. The van der Waals surface area contributed by atoms with Crippen LogP contribution in [0.3, 0.4) is 0 Å².